The molecule has 8 heteroatoms. The van der Waals surface area contributed by atoms with Gasteiger partial charge < -0.3 is 10.1 Å². The van der Waals surface area contributed by atoms with Crippen LogP contribution in [-0.2, 0) is 21.2 Å². The fraction of sp³-hybridized carbons (Fsp3) is 0.278. The Kier molecular flexibility index (Phi) is 7.02. The highest BCUT2D eigenvalue weighted by molar-refractivity contribution is 7.89. The van der Waals surface area contributed by atoms with Gasteiger partial charge >= 0.3 is 0 Å². The summed E-state index contributed by atoms with van der Waals surface area (Å²) in [6.45, 7) is 0.116. The zero-order valence-electron chi connectivity index (χ0n) is 14.6. The van der Waals surface area contributed by atoms with Crippen LogP contribution in [-0.4, -0.2) is 45.9 Å². The number of nitrogens with zero attached hydrogens (tertiary/aromatic N) is 1. The predicted octanol–water partition coefficient (Wildman–Crippen LogP) is 2.33. The molecular weight excluding hydrogens is 376 g/mol. The summed E-state index contributed by atoms with van der Waals surface area (Å²) < 4.78 is 31.2. The molecule has 0 saturated heterocycles. The van der Waals surface area contributed by atoms with Gasteiger partial charge in [-0.25, -0.2) is 8.42 Å². The minimum absolute atomic E-state index is 0.0891. The number of rotatable bonds is 8. The van der Waals surface area contributed by atoms with Gasteiger partial charge in [0.1, 0.15) is 5.75 Å². The van der Waals surface area contributed by atoms with Crippen LogP contribution >= 0.6 is 11.6 Å². The Morgan fingerprint density at radius 3 is 2.46 bits per heavy atom. The normalized spacial score (nSPS) is 11.4. The van der Waals surface area contributed by atoms with Crippen molar-refractivity contribution < 1.29 is 17.9 Å². The summed E-state index contributed by atoms with van der Waals surface area (Å²) in [5, 5.41) is 3.17. The van der Waals surface area contributed by atoms with E-state index < -0.39 is 10.0 Å². The Morgan fingerprint density at radius 2 is 1.81 bits per heavy atom. The van der Waals surface area contributed by atoms with Crippen molar-refractivity contribution in [3.05, 3.63) is 59.1 Å². The van der Waals surface area contributed by atoms with Crippen LogP contribution in [0.15, 0.2) is 53.4 Å². The summed E-state index contributed by atoms with van der Waals surface area (Å²) in [6, 6.07) is 13.3. The van der Waals surface area contributed by atoms with Crippen molar-refractivity contribution in [3.8, 4) is 5.75 Å². The quantitative estimate of drug-likeness (QED) is 0.743. The molecule has 0 fully saturated rings. The van der Waals surface area contributed by atoms with Crippen LogP contribution in [0.1, 0.15) is 5.56 Å². The Bertz CT molecular complexity index is 854. The number of methoxy groups -OCH3 is 1. The molecule has 6 nitrogen and oxygen atoms in total. The fourth-order valence-corrected chi connectivity index (χ4v) is 3.63. The number of likely N-dealkylation sites (N-methyl/N-ethyl adjacent to an activating group) is 1. The van der Waals surface area contributed by atoms with E-state index >= 15 is 0 Å². The van der Waals surface area contributed by atoms with Gasteiger partial charge in [-0.1, -0.05) is 29.8 Å². The molecule has 2 rings (SSSR count). The lowest BCUT2D eigenvalue weighted by atomic mass is 10.1. The fourth-order valence-electron chi connectivity index (χ4n) is 2.38. The van der Waals surface area contributed by atoms with Crippen molar-refractivity contribution in [2.75, 3.05) is 27.2 Å². The average molecular weight is 397 g/mol. The Morgan fingerprint density at radius 1 is 1.15 bits per heavy atom. The average Bonchev–Trinajstić information content (AvgIpc) is 2.62. The summed E-state index contributed by atoms with van der Waals surface area (Å²) in [5.74, 6) is 0.379. The van der Waals surface area contributed by atoms with Crippen molar-refractivity contribution in [2.24, 2.45) is 0 Å². The molecule has 0 atom stereocenters. The van der Waals surface area contributed by atoms with Gasteiger partial charge in [-0.3, -0.25) is 4.79 Å². The van der Waals surface area contributed by atoms with Gasteiger partial charge in [-0.15, -0.1) is 0 Å². The molecule has 0 bridgehead atoms. The molecule has 0 aromatic heterocycles. The van der Waals surface area contributed by atoms with E-state index in [0.717, 1.165) is 15.6 Å². The Balaban J connectivity index is 1.89. The Hall–Kier alpha value is -2.09. The van der Waals surface area contributed by atoms with Gasteiger partial charge in [0.15, 0.2) is 0 Å². The van der Waals surface area contributed by atoms with Crippen molar-refractivity contribution in [2.45, 2.75) is 11.3 Å². The van der Waals surface area contributed by atoms with Crippen molar-refractivity contribution >= 4 is 27.5 Å². The largest absolute Gasteiger partial charge is 0.496 e. The van der Waals surface area contributed by atoms with Crippen LogP contribution < -0.4 is 10.1 Å². The number of para-hydroxylation sites is 1. The summed E-state index contributed by atoms with van der Waals surface area (Å²) in [6.07, 6.45) is 0.587. The molecule has 2 aromatic carbocycles. The minimum atomic E-state index is -3.74. The first kappa shape index (κ1) is 20.2. The number of hydrogen-bond acceptors (Lipinski definition) is 4. The zero-order valence-corrected chi connectivity index (χ0v) is 16.2. The highest BCUT2D eigenvalue weighted by Gasteiger charge is 2.22. The lowest BCUT2D eigenvalue weighted by molar-refractivity contribution is -0.121. The molecule has 0 radical (unpaired) electrons. The highest BCUT2D eigenvalue weighted by Crippen LogP contribution is 2.18. The van der Waals surface area contributed by atoms with E-state index in [9.17, 15) is 13.2 Å². The first-order valence-corrected chi connectivity index (χ1v) is 9.77. The molecule has 2 aromatic rings. The second-order valence-electron chi connectivity index (χ2n) is 5.63. The summed E-state index contributed by atoms with van der Waals surface area (Å²) >= 11 is 5.77. The molecule has 0 heterocycles. The van der Waals surface area contributed by atoms with Crippen molar-refractivity contribution in [1.29, 1.82) is 0 Å². The van der Waals surface area contributed by atoms with Crippen LogP contribution in [0.2, 0.25) is 5.02 Å². The lowest BCUT2D eigenvalue weighted by Gasteiger charge is -2.17. The third-order valence-corrected chi connectivity index (χ3v) is 5.87. The SMILES string of the molecule is COc1ccccc1CCNC(=O)CN(C)S(=O)(=O)c1ccc(Cl)cc1. The smallest absolute Gasteiger partial charge is 0.243 e. The molecule has 0 aliphatic heterocycles. The minimum Gasteiger partial charge on any atom is -0.496 e. The maximum absolute atomic E-state index is 12.4. The number of hydrogen-bond donors (Lipinski definition) is 1. The van der Waals surface area contributed by atoms with E-state index in [0.29, 0.717) is 18.0 Å². The number of carbonyl (C=O) groups is 1. The Labute approximate surface area is 158 Å². The van der Waals surface area contributed by atoms with E-state index in [1.54, 1.807) is 7.11 Å². The van der Waals surface area contributed by atoms with E-state index in [1.165, 1.54) is 31.3 Å². The van der Waals surface area contributed by atoms with Crippen LogP contribution in [0, 0.1) is 0 Å². The standard InChI is InChI=1S/C18H21ClN2O4S/c1-21(26(23,24)16-9-7-15(19)8-10-16)13-18(22)20-12-11-14-5-3-4-6-17(14)25-2/h3-10H,11-13H2,1-2H3,(H,20,22). The number of halogens is 1. The molecule has 0 unspecified atom stereocenters. The van der Waals surface area contributed by atoms with Gasteiger partial charge in [0, 0.05) is 18.6 Å². The van der Waals surface area contributed by atoms with Crippen molar-refractivity contribution in [3.63, 3.8) is 0 Å². The zero-order chi connectivity index (χ0) is 19.2. The van der Waals surface area contributed by atoms with Gasteiger partial charge in [-0.2, -0.15) is 4.31 Å². The van der Waals surface area contributed by atoms with Crippen molar-refractivity contribution in [1.82, 2.24) is 9.62 Å². The van der Waals surface area contributed by atoms with Gasteiger partial charge in [-0.05, 0) is 42.3 Å². The summed E-state index contributed by atoms with van der Waals surface area (Å²) in [5.41, 5.74) is 0.970. The molecule has 26 heavy (non-hydrogen) atoms. The van der Waals surface area contributed by atoms with Crippen LogP contribution in [0.5, 0.6) is 5.75 Å². The summed E-state index contributed by atoms with van der Waals surface area (Å²) in [4.78, 5) is 12.1. The molecule has 0 saturated carbocycles. The van der Waals surface area contributed by atoms with E-state index in [-0.39, 0.29) is 17.3 Å². The third kappa shape index (κ3) is 5.20. The molecule has 140 valence electrons. The first-order valence-electron chi connectivity index (χ1n) is 7.95. The van der Waals surface area contributed by atoms with Crippen LogP contribution in [0.3, 0.4) is 0 Å². The molecule has 0 spiro atoms. The third-order valence-electron chi connectivity index (χ3n) is 3.80. The maximum atomic E-state index is 12.4. The van der Waals surface area contributed by atoms with Gasteiger partial charge in [0.05, 0.1) is 18.6 Å². The summed E-state index contributed by atoms with van der Waals surface area (Å²) in [7, 11) is -0.789. The van der Waals surface area contributed by atoms with E-state index in [2.05, 4.69) is 5.32 Å². The number of carbonyl (C=O) groups excluding carboxylic acids is 1. The monoisotopic (exact) mass is 396 g/mol. The number of nitrogens with one attached hydrogen (secondary N) is 1. The van der Waals surface area contributed by atoms with Gasteiger partial charge in [0.2, 0.25) is 15.9 Å². The van der Waals surface area contributed by atoms with Crippen LogP contribution in [0.25, 0.3) is 0 Å². The first-order chi connectivity index (χ1) is 12.3. The number of benzene rings is 2. The highest BCUT2D eigenvalue weighted by atomic mass is 35.5. The number of amides is 1. The topological polar surface area (TPSA) is 75.7 Å². The molecule has 0 aliphatic carbocycles. The predicted molar refractivity (Wildman–Crippen MR) is 101 cm³/mol. The van der Waals surface area contributed by atoms with Gasteiger partial charge in [0.25, 0.3) is 0 Å². The number of sulfonamides is 1. The number of ether oxygens (including phenoxy) is 1. The molecule has 1 N–H and O–H groups in total. The maximum Gasteiger partial charge on any atom is 0.243 e. The molecule has 0 aliphatic rings. The molecular formula is C18H21ClN2O4S. The lowest BCUT2D eigenvalue weighted by Crippen LogP contribution is -2.39. The molecule has 1 amide bonds. The van der Waals surface area contributed by atoms with Crippen LogP contribution in [0.4, 0.5) is 0 Å². The second kappa shape index (κ2) is 9.02. The second-order valence-corrected chi connectivity index (χ2v) is 8.11. The van der Waals surface area contributed by atoms with E-state index in [1.807, 2.05) is 24.3 Å². The van der Waals surface area contributed by atoms with E-state index in [4.69, 9.17) is 16.3 Å².